The molecule has 1 heterocycles. The SMILES string of the molecule is O=C(O)c1cnc(C2(c3ccccc3)CC2)nc1C(F)F. The first kappa shape index (κ1) is 13.6. The predicted octanol–water partition coefficient (Wildman–Crippen LogP) is 3.19. The molecule has 0 radical (unpaired) electrons. The number of aromatic nitrogens is 2. The van der Waals surface area contributed by atoms with Gasteiger partial charge in [0.15, 0.2) is 0 Å². The van der Waals surface area contributed by atoms with E-state index in [0.717, 1.165) is 24.6 Å². The van der Waals surface area contributed by atoms with Crippen LogP contribution in [0.3, 0.4) is 0 Å². The molecule has 0 bridgehead atoms. The van der Waals surface area contributed by atoms with Crippen LogP contribution in [0.1, 0.15) is 46.7 Å². The van der Waals surface area contributed by atoms with Gasteiger partial charge in [0.2, 0.25) is 0 Å². The monoisotopic (exact) mass is 290 g/mol. The molecule has 3 rings (SSSR count). The van der Waals surface area contributed by atoms with E-state index < -0.39 is 29.1 Å². The Bertz CT molecular complexity index is 685. The lowest BCUT2D eigenvalue weighted by Gasteiger charge is -2.15. The molecule has 0 spiro atoms. The number of hydrogen-bond acceptors (Lipinski definition) is 3. The van der Waals surface area contributed by atoms with Crippen LogP contribution in [0.2, 0.25) is 0 Å². The molecule has 1 aliphatic carbocycles. The summed E-state index contributed by atoms with van der Waals surface area (Å²) in [6.45, 7) is 0. The smallest absolute Gasteiger partial charge is 0.339 e. The minimum absolute atomic E-state index is 0.272. The van der Waals surface area contributed by atoms with Crippen LogP contribution in [0.4, 0.5) is 8.78 Å². The fourth-order valence-electron chi connectivity index (χ4n) is 2.48. The number of nitrogens with zero attached hydrogens (tertiary/aromatic N) is 2. The molecule has 1 aromatic heterocycles. The lowest BCUT2D eigenvalue weighted by atomic mass is 9.95. The zero-order valence-electron chi connectivity index (χ0n) is 11.0. The van der Waals surface area contributed by atoms with Crippen molar-refractivity contribution in [3.8, 4) is 0 Å². The van der Waals surface area contributed by atoms with Crippen LogP contribution in [0.25, 0.3) is 0 Å². The summed E-state index contributed by atoms with van der Waals surface area (Å²) in [6, 6.07) is 9.43. The summed E-state index contributed by atoms with van der Waals surface area (Å²) in [4.78, 5) is 18.8. The number of carboxylic acids is 1. The lowest BCUT2D eigenvalue weighted by molar-refractivity contribution is 0.0681. The highest BCUT2D eigenvalue weighted by Gasteiger charge is 2.49. The Hall–Kier alpha value is -2.37. The molecule has 1 aliphatic rings. The van der Waals surface area contributed by atoms with Gasteiger partial charge in [0.05, 0.1) is 5.41 Å². The quantitative estimate of drug-likeness (QED) is 0.939. The maximum absolute atomic E-state index is 13.0. The zero-order chi connectivity index (χ0) is 15.0. The molecule has 1 N–H and O–H groups in total. The summed E-state index contributed by atoms with van der Waals surface area (Å²) in [7, 11) is 0. The van der Waals surface area contributed by atoms with Gasteiger partial charge >= 0.3 is 5.97 Å². The van der Waals surface area contributed by atoms with E-state index in [9.17, 15) is 13.6 Å². The van der Waals surface area contributed by atoms with E-state index in [-0.39, 0.29) is 5.82 Å². The van der Waals surface area contributed by atoms with Crippen molar-refractivity contribution in [2.24, 2.45) is 0 Å². The average Bonchev–Trinajstić information content (AvgIpc) is 3.29. The second-order valence-corrected chi connectivity index (χ2v) is 5.05. The first-order valence-electron chi connectivity index (χ1n) is 6.49. The molecule has 1 saturated carbocycles. The van der Waals surface area contributed by atoms with Crippen LogP contribution < -0.4 is 0 Å². The number of rotatable bonds is 4. The molecule has 6 heteroatoms. The highest BCUT2D eigenvalue weighted by molar-refractivity contribution is 5.88. The summed E-state index contributed by atoms with van der Waals surface area (Å²) in [6.07, 6.45) is -0.419. The predicted molar refractivity (Wildman–Crippen MR) is 70.4 cm³/mol. The normalized spacial score (nSPS) is 16.0. The Balaban J connectivity index is 2.08. The fourth-order valence-corrected chi connectivity index (χ4v) is 2.48. The molecular formula is C15H12F2N2O2. The number of benzene rings is 1. The van der Waals surface area contributed by atoms with E-state index in [1.54, 1.807) is 0 Å². The van der Waals surface area contributed by atoms with Gasteiger partial charge in [0.1, 0.15) is 17.1 Å². The van der Waals surface area contributed by atoms with Crippen molar-refractivity contribution < 1.29 is 18.7 Å². The molecule has 21 heavy (non-hydrogen) atoms. The van der Waals surface area contributed by atoms with Gasteiger partial charge in [-0.3, -0.25) is 0 Å². The second kappa shape index (κ2) is 4.87. The van der Waals surface area contributed by atoms with Crippen molar-refractivity contribution in [1.82, 2.24) is 9.97 Å². The van der Waals surface area contributed by atoms with Crippen LogP contribution in [-0.4, -0.2) is 21.0 Å². The number of carboxylic acid groups (broad SMARTS) is 1. The Labute approximate surface area is 119 Å². The number of aromatic carboxylic acids is 1. The van der Waals surface area contributed by atoms with Crippen LogP contribution in [0, 0.1) is 0 Å². The van der Waals surface area contributed by atoms with Gasteiger partial charge in [0.25, 0.3) is 6.43 Å². The van der Waals surface area contributed by atoms with Crippen molar-refractivity contribution in [3.63, 3.8) is 0 Å². The molecule has 0 amide bonds. The summed E-state index contributed by atoms with van der Waals surface area (Å²) in [5, 5.41) is 8.93. The highest BCUT2D eigenvalue weighted by Crippen LogP contribution is 2.52. The van der Waals surface area contributed by atoms with E-state index in [1.165, 1.54) is 0 Å². The maximum Gasteiger partial charge on any atom is 0.339 e. The van der Waals surface area contributed by atoms with Crippen LogP contribution in [-0.2, 0) is 5.41 Å². The van der Waals surface area contributed by atoms with E-state index >= 15 is 0 Å². The third kappa shape index (κ3) is 2.26. The topological polar surface area (TPSA) is 63.1 Å². The van der Waals surface area contributed by atoms with Gasteiger partial charge in [-0.25, -0.2) is 23.5 Å². The van der Waals surface area contributed by atoms with Gasteiger partial charge in [-0.1, -0.05) is 30.3 Å². The Morgan fingerprint density at radius 2 is 1.90 bits per heavy atom. The van der Waals surface area contributed by atoms with Gasteiger partial charge in [-0.05, 0) is 18.4 Å². The van der Waals surface area contributed by atoms with Gasteiger partial charge in [0, 0.05) is 6.20 Å². The highest BCUT2D eigenvalue weighted by atomic mass is 19.3. The van der Waals surface area contributed by atoms with Gasteiger partial charge in [-0.2, -0.15) is 0 Å². The Morgan fingerprint density at radius 3 is 2.43 bits per heavy atom. The van der Waals surface area contributed by atoms with Crippen molar-refractivity contribution in [1.29, 1.82) is 0 Å². The second-order valence-electron chi connectivity index (χ2n) is 5.05. The largest absolute Gasteiger partial charge is 0.478 e. The number of halogens is 2. The van der Waals surface area contributed by atoms with E-state index in [0.29, 0.717) is 0 Å². The molecular weight excluding hydrogens is 278 g/mol. The lowest BCUT2D eigenvalue weighted by Crippen LogP contribution is -2.17. The molecule has 4 nitrogen and oxygen atoms in total. The van der Waals surface area contributed by atoms with Crippen molar-refractivity contribution in [2.75, 3.05) is 0 Å². The van der Waals surface area contributed by atoms with Crippen LogP contribution in [0.5, 0.6) is 0 Å². The standard InChI is InChI=1S/C15H12F2N2O2/c16-12(17)11-10(13(20)21)8-18-14(19-11)15(6-7-15)9-4-2-1-3-5-9/h1-5,8,12H,6-7H2,(H,20,21). The third-order valence-electron chi connectivity index (χ3n) is 3.76. The molecule has 0 saturated heterocycles. The van der Waals surface area contributed by atoms with Crippen LogP contribution in [0.15, 0.2) is 36.5 Å². The van der Waals surface area contributed by atoms with E-state index in [4.69, 9.17) is 5.11 Å². The molecule has 1 aromatic carbocycles. The third-order valence-corrected chi connectivity index (χ3v) is 3.76. The Morgan fingerprint density at radius 1 is 1.24 bits per heavy atom. The zero-order valence-corrected chi connectivity index (χ0v) is 11.0. The average molecular weight is 290 g/mol. The van der Waals surface area contributed by atoms with E-state index in [1.807, 2.05) is 30.3 Å². The first-order valence-corrected chi connectivity index (χ1v) is 6.49. The molecule has 0 atom stereocenters. The summed E-state index contributed by atoms with van der Waals surface area (Å²) < 4.78 is 26.1. The number of hydrogen-bond donors (Lipinski definition) is 1. The maximum atomic E-state index is 13.0. The first-order chi connectivity index (χ1) is 10.0. The van der Waals surface area contributed by atoms with Gasteiger partial charge < -0.3 is 5.11 Å². The van der Waals surface area contributed by atoms with Crippen molar-refractivity contribution >= 4 is 5.97 Å². The van der Waals surface area contributed by atoms with Crippen LogP contribution >= 0.6 is 0 Å². The summed E-state index contributed by atoms with van der Waals surface area (Å²) >= 11 is 0. The molecule has 108 valence electrons. The number of alkyl halides is 2. The molecule has 0 unspecified atom stereocenters. The summed E-state index contributed by atoms with van der Waals surface area (Å²) in [5.74, 6) is -1.17. The minimum Gasteiger partial charge on any atom is -0.478 e. The minimum atomic E-state index is -2.94. The molecule has 1 fully saturated rings. The molecule has 0 aliphatic heterocycles. The fraction of sp³-hybridized carbons (Fsp3) is 0.267. The molecule has 2 aromatic rings. The van der Waals surface area contributed by atoms with Gasteiger partial charge in [-0.15, -0.1) is 0 Å². The van der Waals surface area contributed by atoms with Crippen molar-refractivity contribution in [2.45, 2.75) is 24.7 Å². The Kier molecular flexibility index (Phi) is 3.16. The summed E-state index contributed by atoms with van der Waals surface area (Å²) in [5.41, 5.74) is -0.748. The number of carbonyl (C=O) groups is 1. The van der Waals surface area contributed by atoms with E-state index in [2.05, 4.69) is 9.97 Å². The van der Waals surface area contributed by atoms with Crippen molar-refractivity contribution in [3.05, 3.63) is 59.2 Å².